The van der Waals surface area contributed by atoms with Gasteiger partial charge in [-0.25, -0.2) is 17.5 Å². The third-order valence-corrected chi connectivity index (χ3v) is 8.25. The van der Waals surface area contributed by atoms with Crippen molar-refractivity contribution >= 4 is 26.8 Å². The Morgan fingerprint density at radius 1 is 1.03 bits per heavy atom. The van der Waals surface area contributed by atoms with Crippen LogP contribution in [0.5, 0.6) is 0 Å². The number of hydrogen-bond acceptors (Lipinski definition) is 3. The standard InChI is InChI=1S/C27H34FN3O3S/c1-17(2)14-24-15-21-8-13-25(16-26(21)30-24)35(33,34)31-23-11-6-20(7-12-23)27(32)29-18(3)19-4-9-22(28)10-5-19/h4-5,8-10,13,15-18,20,23,30-31H,6-7,11-12,14H2,1-3H3,(H,29,32)/t18-,20-,23-/m1/s1. The van der Waals surface area contributed by atoms with Crippen molar-refractivity contribution in [3.63, 3.8) is 0 Å². The Hall–Kier alpha value is -2.71. The molecule has 8 heteroatoms. The maximum atomic E-state index is 13.1. The predicted octanol–water partition coefficient (Wildman–Crippen LogP) is 5.22. The number of halogens is 1. The molecule has 3 N–H and O–H groups in total. The minimum absolute atomic E-state index is 0.0440. The molecule has 1 atom stereocenters. The van der Waals surface area contributed by atoms with Gasteiger partial charge in [-0.3, -0.25) is 4.79 Å². The third-order valence-electron chi connectivity index (χ3n) is 6.74. The predicted molar refractivity (Wildman–Crippen MR) is 136 cm³/mol. The van der Waals surface area contributed by atoms with Gasteiger partial charge in [0.1, 0.15) is 5.82 Å². The van der Waals surface area contributed by atoms with Gasteiger partial charge in [-0.2, -0.15) is 0 Å². The minimum Gasteiger partial charge on any atom is -0.358 e. The van der Waals surface area contributed by atoms with Crippen LogP contribution in [0.3, 0.4) is 0 Å². The van der Waals surface area contributed by atoms with Crippen molar-refractivity contribution in [3.05, 3.63) is 65.6 Å². The summed E-state index contributed by atoms with van der Waals surface area (Å²) in [5.74, 6) is -0.00107. The molecular weight excluding hydrogens is 465 g/mol. The summed E-state index contributed by atoms with van der Waals surface area (Å²) in [6.45, 7) is 6.17. The number of amides is 1. The number of fused-ring (bicyclic) bond motifs is 1. The van der Waals surface area contributed by atoms with E-state index in [1.165, 1.54) is 12.1 Å². The number of aromatic nitrogens is 1. The van der Waals surface area contributed by atoms with Gasteiger partial charge in [-0.1, -0.05) is 32.0 Å². The second kappa shape index (κ2) is 10.5. The smallest absolute Gasteiger partial charge is 0.240 e. The first-order valence-corrected chi connectivity index (χ1v) is 13.8. The van der Waals surface area contributed by atoms with Gasteiger partial charge in [0.2, 0.25) is 15.9 Å². The van der Waals surface area contributed by atoms with Gasteiger partial charge in [-0.15, -0.1) is 0 Å². The lowest BCUT2D eigenvalue weighted by Crippen LogP contribution is -2.41. The summed E-state index contributed by atoms with van der Waals surface area (Å²) in [4.78, 5) is 16.3. The van der Waals surface area contributed by atoms with Crippen LogP contribution < -0.4 is 10.0 Å². The van der Waals surface area contributed by atoms with E-state index in [1.807, 2.05) is 13.0 Å². The van der Waals surface area contributed by atoms with Crippen LogP contribution in [0.1, 0.15) is 63.8 Å². The molecule has 1 aromatic heterocycles. The summed E-state index contributed by atoms with van der Waals surface area (Å²) in [6, 6.07) is 12.9. The zero-order valence-corrected chi connectivity index (χ0v) is 21.3. The number of aromatic amines is 1. The molecule has 0 bridgehead atoms. The van der Waals surface area contributed by atoms with E-state index in [0.29, 0.717) is 31.6 Å². The van der Waals surface area contributed by atoms with Crippen LogP contribution in [0, 0.1) is 17.7 Å². The molecule has 1 fully saturated rings. The van der Waals surface area contributed by atoms with Crippen molar-refractivity contribution in [1.82, 2.24) is 15.0 Å². The highest BCUT2D eigenvalue weighted by Gasteiger charge is 2.30. The molecule has 0 unspecified atom stereocenters. The second-order valence-corrected chi connectivity index (χ2v) is 11.8. The Labute approximate surface area is 206 Å². The van der Waals surface area contributed by atoms with Crippen LogP contribution in [-0.2, 0) is 21.2 Å². The normalized spacial score (nSPS) is 19.7. The quantitative estimate of drug-likeness (QED) is 0.397. The molecule has 35 heavy (non-hydrogen) atoms. The van der Waals surface area contributed by atoms with Gasteiger partial charge in [-0.05, 0) is 86.2 Å². The van der Waals surface area contributed by atoms with Crippen molar-refractivity contribution in [3.8, 4) is 0 Å². The Kier molecular flexibility index (Phi) is 7.62. The lowest BCUT2D eigenvalue weighted by atomic mass is 9.85. The molecular formula is C27H34FN3O3S. The number of benzene rings is 2. The second-order valence-electron chi connectivity index (χ2n) is 10.1. The van der Waals surface area contributed by atoms with Crippen molar-refractivity contribution < 1.29 is 17.6 Å². The highest BCUT2D eigenvalue weighted by molar-refractivity contribution is 7.89. The van der Waals surface area contributed by atoms with E-state index in [-0.39, 0.29) is 34.6 Å². The van der Waals surface area contributed by atoms with Crippen molar-refractivity contribution in [2.24, 2.45) is 11.8 Å². The number of carbonyl (C=O) groups is 1. The van der Waals surface area contributed by atoms with Crippen LogP contribution in [0.15, 0.2) is 53.4 Å². The lowest BCUT2D eigenvalue weighted by molar-refractivity contribution is -0.126. The van der Waals surface area contributed by atoms with Gasteiger partial charge < -0.3 is 10.3 Å². The molecule has 1 saturated carbocycles. The Balaban J connectivity index is 1.33. The van der Waals surface area contributed by atoms with Crippen molar-refractivity contribution in [2.45, 2.75) is 69.9 Å². The van der Waals surface area contributed by atoms with Crippen LogP contribution in [-0.4, -0.2) is 25.4 Å². The maximum Gasteiger partial charge on any atom is 0.240 e. The molecule has 188 valence electrons. The number of sulfonamides is 1. The average Bonchev–Trinajstić information content (AvgIpc) is 3.20. The molecule has 0 aliphatic heterocycles. The monoisotopic (exact) mass is 499 g/mol. The van der Waals surface area contributed by atoms with Crippen molar-refractivity contribution in [2.75, 3.05) is 0 Å². The van der Waals surface area contributed by atoms with Gasteiger partial charge in [0.15, 0.2) is 0 Å². The maximum absolute atomic E-state index is 13.1. The first-order chi connectivity index (χ1) is 16.6. The van der Waals surface area contributed by atoms with Gasteiger partial charge in [0.05, 0.1) is 10.9 Å². The first kappa shape index (κ1) is 25.4. The van der Waals surface area contributed by atoms with Gasteiger partial charge >= 0.3 is 0 Å². The number of hydrogen-bond donors (Lipinski definition) is 3. The first-order valence-electron chi connectivity index (χ1n) is 12.3. The van der Waals surface area contributed by atoms with E-state index < -0.39 is 10.0 Å². The molecule has 1 heterocycles. The summed E-state index contributed by atoms with van der Waals surface area (Å²) in [5.41, 5.74) is 2.76. The zero-order chi connectivity index (χ0) is 25.2. The summed E-state index contributed by atoms with van der Waals surface area (Å²) in [6.07, 6.45) is 3.35. The van der Waals surface area contributed by atoms with Crippen LogP contribution in [0.25, 0.3) is 10.9 Å². The molecule has 6 nitrogen and oxygen atoms in total. The summed E-state index contributed by atoms with van der Waals surface area (Å²) < 4.78 is 42.1. The van der Waals surface area contributed by atoms with Gasteiger partial charge in [0.25, 0.3) is 0 Å². The topological polar surface area (TPSA) is 91.1 Å². The number of rotatable bonds is 8. The van der Waals surface area contributed by atoms with Crippen molar-refractivity contribution in [1.29, 1.82) is 0 Å². The molecule has 1 aliphatic carbocycles. The SMILES string of the molecule is CC(C)Cc1cc2ccc(S(=O)(=O)N[C@H]3CC[C@H](C(=O)N[C@H](C)c4ccc(F)cc4)CC3)cc2[nH]1. The van der Waals surface area contributed by atoms with E-state index in [9.17, 15) is 17.6 Å². The summed E-state index contributed by atoms with van der Waals surface area (Å²) in [5, 5.41) is 4.00. The molecule has 2 aromatic carbocycles. The van der Waals surface area contributed by atoms with E-state index in [1.54, 1.807) is 24.3 Å². The van der Waals surface area contributed by atoms with E-state index in [4.69, 9.17) is 0 Å². The summed E-state index contributed by atoms with van der Waals surface area (Å²) in [7, 11) is -3.66. The molecule has 1 aliphatic rings. The Morgan fingerprint density at radius 2 is 1.71 bits per heavy atom. The van der Waals surface area contributed by atoms with Crippen LogP contribution >= 0.6 is 0 Å². The van der Waals surface area contributed by atoms with Gasteiger partial charge in [0, 0.05) is 23.2 Å². The molecule has 0 radical (unpaired) electrons. The highest BCUT2D eigenvalue weighted by atomic mass is 32.2. The third kappa shape index (κ3) is 6.30. The van der Waals surface area contributed by atoms with Crippen LogP contribution in [0.4, 0.5) is 4.39 Å². The molecule has 4 rings (SSSR count). The van der Waals surface area contributed by atoms with E-state index in [2.05, 4.69) is 34.9 Å². The highest BCUT2D eigenvalue weighted by Crippen LogP contribution is 2.28. The fourth-order valence-corrected chi connectivity index (χ4v) is 6.14. The average molecular weight is 500 g/mol. The van der Waals surface area contributed by atoms with E-state index >= 15 is 0 Å². The minimum atomic E-state index is -3.66. The molecule has 0 saturated heterocycles. The molecule has 0 spiro atoms. The Morgan fingerprint density at radius 3 is 2.37 bits per heavy atom. The van der Waals surface area contributed by atoms with Crippen LogP contribution in [0.2, 0.25) is 0 Å². The zero-order valence-electron chi connectivity index (χ0n) is 20.5. The van der Waals surface area contributed by atoms with E-state index in [0.717, 1.165) is 28.6 Å². The largest absolute Gasteiger partial charge is 0.358 e. The fraction of sp³-hybridized carbons (Fsp3) is 0.444. The summed E-state index contributed by atoms with van der Waals surface area (Å²) >= 11 is 0. The number of carbonyl (C=O) groups excluding carboxylic acids is 1. The lowest BCUT2D eigenvalue weighted by Gasteiger charge is -2.29. The number of H-pyrrole nitrogens is 1. The Bertz CT molecular complexity index is 1280. The number of nitrogens with one attached hydrogen (secondary N) is 3. The molecule has 1 amide bonds. The fourth-order valence-electron chi connectivity index (χ4n) is 4.81. The molecule has 3 aromatic rings.